The first-order chi connectivity index (χ1) is 16.4. The smallest absolute Gasteiger partial charge is 0.267 e. The number of hydrogen-bond donors (Lipinski definition) is 1. The molecule has 2 aromatic rings. The molecule has 0 aromatic carbocycles. The van der Waals surface area contributed by atoms with Gasteiger partial charge in [0, 0.05) is 45.0 Å². The lowest BCUT2D eigenvalue weighted by Gasteiger charge is -2.32. The minimum Gasteiger partial charge on any atom is -0.382 e. The molecule has 0 bridgehead atoms. The van der Waals surface area contributed by atoms with Gasteiger partial charge in [-0.15, -0.1) is 0 Å². The number of piperidine rings is 1. The van der Waals surface area contributed by atoms with Crippen LogP contribution in [0.25, 0.3) is 11.7 Å². The predicted octanol–water partition coefficient (Wildman–Crippen LogP) is 2.02. The quantitative estimate of drug-likeness (QED) is 0.332. The lowest BCUT2D eigenvalue weighted by Crippen LogP contribution is -2.40. The molecule has 0 aliphatic carbocycles. The van der Waals surface area contributed by atoms with Crippen LogP contribution in [0.2, 0.25) is 0 Å². The second kappa shape index (κ2) is 10.7. The lowest BCUT2D eigenvalue weighted by molar-refractivity contribution is -0.123. The Morgan fingerprint density at radius 3 is 2.79 bits per heavy atom. The highest BCUT2D eigenvalue weighted by Gasteiger charge is 2.33. The summed E-state index contributed by atoms with van der Waals surface area (Å²) in [5.74, 6) is -0.211. The minimum absolute atomic E-state index is 0.186. The van der Waals surface area contributed by atoms with E-state index in [1.807, 2.05) is 17.9 Å². The largest absolute Gasteiger partial charge is 0.382 e. The molecule has 0 saturated carbocycles. The van der Waals surface area contributed by atoms with Crippen molar-refractivity contribution in [1.29, 1.82) is 0 Å². The number of carbonyl (C=O) groups is 2. The van der Waals surface area contributed by atoms with Gasteiger partial charge in [0.2, 0.25) is 5.91 Å². The van der Waals surface area contributed by atoms with Crippen molar-refractivity contribution in [3.8, 4) is 0 Å². The van der Waals surface area contributed by atoms with Crippen LogP contribution < -0.4 is 16.2 Å². The molecule has 0 unspecified atom stereocenters. The summed E-state index contributed by atoms with van der Waals surface area (Å²) < 4.78 is 7.29. The van der Waals surface area contributed by atoms with Crippen molar-refractivity contribution < 1.29 is 14.3 Å². The van der Waals surface area contributed by atoms with Gasteiger partial charge in [0.25, 0.3) is 11.5 Å². The fourth-order valence-corrected chi connectivity index (χ4v) is 5.42. The zero-order valence-corrected chi connectivity index (χ0v) is 20.6. The van der Waals surface area contributed by atoms with E-state index in [0.29, 0.717) is 78.4 Å². The number of pyridine rings is 1. The molecule has 2 saturated heterocycles. The number of nitrogens with zero attached hydrogens (tertiary/aromatic N) is 4. The zero-order chi connectivity index (χ0) is 24.2. The first-order valence-electron chi connectivity index (χ1n) is 11.3. The Labute approximate surface area is 206 Å². The first-order valence-corrected chi connectivity index (χ1v) is 12.5. The van der Waals surface area contributed by atoms with Crippen LogP contribution in [0.4, 0.5) is 5.82 Å². The summed E-state index contributed by atoms with van der Waals surface area (Å²) in [6, 6.07) is 5.34. The predicted molar refractivity (Wildman–Crippen MR) is 137 cm³/mol. The molecule has 4 rings (SSSR count). The van der Waals surface area contributed by atoms with Gasteiger partial charge in [-0.25, -0.2) is 4.98 Å². The van der Waals surface area contributed by atoms with Crippen LogP contribution in [0.15, 0.2) is 34.1 Å². The molecule has 11 heteroatoms. The van der Waals surface area contributed by atoms with Crippen LogP contribution in [-0.4, -0.2) is 63.3 Å². The molecule has 0 radical (unpaired) electrons. The number of hydrogen-bond acceptors (Lipinski definition) is 8. The van der Waals surface area contributed by atoms with Crippen LogP contribution >= 0.6 is 24.0 Å². The number of amides is 2. The molecule has 2 aliphatic heterocycles. The second-order valence-electron chi connectivity index (χ2n) is 8.13. The van der Waals surface area contributed by atoms with Crippen LogP contribution in [-0.2, 0) is 14.3 Å². The van der Waals surface area contributed by atoms with Gasteiger partial charge in [-0.1, -0.05) is 30.0 Å². The van der Waals surface area contributed by atoms with Crippen LogP contribution in [0, 0.1) is 5.92 Å². The Kier molecular flexibility index (Phi) is 7.64. The standard InChI is InChI=1S/C23H27N5O4S2/c1-2-32-13-5-10-28-22(31)17(34-23(28)33)14-16-20(26-11-7-15(8-12-26)19(24)29)25-18-6-3-4-9-27(18)21(16)30/h3-4,6,9,14-15H,2,5,7-8,10-13H2,1H3,(H2,24,29)/b17-14+. The molecule has 2 aliphatic rings. The molecule has 2 aromatic heterocycles. The number of fused-ring (bicyclic) bond motifs is 1. The molecule has 0 spiro atoms. The summed E-state index contributed by atoms with van der Waals surface area (Å²) in [6.07, 6.45) is 5.11. The molecular formula is C23H27N5O4S2. The van der Waals surface area contributed by atoms with Gasteiger partial charge in [0.1, 0.15) is 15.8 Å². The maximum atomic E-state index is 13.5. The highest BCUT2D eigenvalue weighted by atomic mass is 32.2. The number of carbonyl (C=O) groups excluding carboxylic acids is 2. The topological polar surface area (TPSA) is 110 Å². The van der Waals surface area contributed by atoms with Crippen molar-refractivity contribution in [1.82, 2.24) is 14.3 Å². The molecule has 180 valence electrons. The van der Waals surface area contributed by atoms with E-state index in [1.54, 1.807) is 29.3 Å². The van der Waals surface area contributed by atoms with Crippen molar-refractivity contribution in [2.45, 2.75) is 26.2 Å². The molecule has 4 heterocycles. The summed E-state index contributed by atoms with van der Waals surface area (Å²) in [6.45, 7) is 4.64. The number of anilines is 1. The number of thiocarbonyl (C=S) groups is 1. The molecule has 0 atom stereocenters. The molecule has 34 heavy (non-hydrogen) atoms. The van der Waals surface area contributed by atoms with E-state index >= 15 is 0 Å². The van der Waals surface area contributed by atoms with E-state index < -0.39 is 0 Å². The maximum Gasteiger partial charge on any atom is 0.267 e. The Morgan fingerprint density at radius 1 is 1.32 bits per heavy atom. The van der Waals surface area contributed by atoms with Gasteiger partial charge in [0.05, 0.1) is 10.5 Å². The van der Waals surface area contributed by atoms with E-state index in [1.165, 1.54) is 16.2 Å². The fourth-order valence-electron chi connectivity index (χ4n) is 4.13. The molecule has 2 amide bonds. The normalized spacial score (nSPS) is 18.4. The average Bonchev–Trinajstić information content (AvgIpc) is 3.10. The average molecular weight is 502 g/mol. The van der Waals surface area contributed by atoms with Gasteiger partial charge in [-0.2, -0.15) is 0 Å². The summed E-state index contributed by atoms with van der Waals surface area (Å²) in [5, 5.41) is 0. The Hall–Kier alpha value is -2.76. The third-order valence-electron chi connectivity index (χ3n) is 5.97. The molecule has 2 fully saturated rings. The van der Waals surface area contributed by atoms with E-state index in [4.69, 9.17) is 27.7 Å². The fraction of sp³-hybridized carbons (Fsp3) is 0.435. The Morgan fingerprint density at radius 2 is 2.09 bits per heavy atom. The number of thioether (sulfide) groups is 1. The number of primary amides is 1. The minimum atomic E-state index is -0.306. The number of rotatable bonds is 8. The zero-order valence-electron chi connectivity index (χ0n) is 18.9. The molecule has 9 nitrogen and oxygen atoms in total. The van der Waals surface area contributed by atoms with Gasteiger partial charge in [0.15, 0.2) is 0 Å². The maximum absolute atomic E-state index is 13.5. The number of nitrogens with two attached hydrogens (primary N) is 1. The first kappa shape index (κ1) is 24.4. The van der Waals surface area contributed by atoms with Gasteiger partial charge in [-0.3, -0.25) is 23.7 Å². The Balaban J connectivity index is 1.68. The van der Waals surface area contributed by atoms with Crippen LogP contribution in [0.3, 0.4) is 0 Å². The summed E-state index contributed by atoms with van der Waals surface area (Å²) in [5.41, 5.74) is 6.06. The Bertz CT molecular complexity index is 1200. The SMILES string of the molecule is CCOCCCN1C(=O)/C(=C\c2c(N3CCC(C(N)=O)CC3)nc3ccccn3c2=O)SC1=S. The molecule has 2 N–H and O–H groups in total. The van der Waals surface area contributed by atoms with Crippen molar-refractivity contribution in [3.05, 3.63) is 45.2 Å². The highest BCUT2D eigenvalue weighted by Crippen LogP contribution is 2.34. The van der Waals surface area contributed by atoms with Gasteiger partial charge < -0.3 is 15.4 Å². The second-order valence-corrected chi connectivity index (χ2v) is 9.81. The van der Waals surface area contributed by atoms with Crippen molar-refractivity contribution >= 4 is 57.7 Å². The van der Waals surface area contributed by atoms with Crippen LogP contribution in [0.1, 0.15) is 31.7 Å². The van der Waals surface area contributed by atoms with E-state index in [-0.39, 0.29) is 23.3 Å². The summed E-state index contributed by atoms with van der Waals surface area (Å²) >= 11 is 6.61. The van der Waals surface area contributed by atoms with E-state index in [2.05, 4.69) is 0 Å². The molecular weight excluding hydrogens is 474 g/mol. The third-order valence-corrected chi connectivity index (χ3v) is 7.35. The summed E-state index contributed by atoms with van der Waals surface area (Å²) in [4.78, 5) is 46.8. The highest BCUT2D eigenvalue weighted by molar-refractivity contribution is 8.26. The van der Waals surface area contributed by atoms with Gasteiger partial charge in [-0.05, 0) is 44.4 Å². The van der Waals surface area contributed by atoms with Crippen molar-refractivity contribution in [3.63, 3.8) is 0 Å². The number of aromatic nitrogens is 2. The van der Waals surface area contributed by atoms with Crippen molar-refractivity contribution in [2.75, 3.05) is 37.7 Å². The van der Waals surface area contributed by atoms with Gasteiger partial charge >= 0.3 is 0 Å². The van der Waals surface area contributed by atoms with E-state index in [0.717, 1.165) is 0 Å². The van der Waals surface area contributed by atoms with E-state index in [9.17, 15) is 14.4 Å². The summed E-state index contributed by atoms with van der Waals surface area (Å²) in [7, 11) is 0. The number of ether oxygens (including phenoxy) is 1. The third kappa shape index (κ3) is 5.01. The van der Waals surface area contributed by atoms with Crippen molar-refractivity contribution in [2.24, 2.45) is 11.7 Å². The lowest BCUT2D eigenvalue weighted by atomic mass is 9.96. The monoisotopic (exact) mass is 501 g/mol. The van der Waals surface area contributed by atoms with Crippen LogP contribution in [0.5, 0.6) is 0 Å².